The first-order valence-corrected chi connectivity index (χ1v) is 7.17. The van der Waals surface area contributed by atoms with E-state index in [-0.39, 0.29) is 17.8 Å². The molecular formula is C15H23FN2O2. The molecule has 4 N–H and O–H groups in total. The molecule has 0 spiro atoms. The van der Waals surface area contributed by atoms with Crippen molar-refractivity contribution in [3.05, 3.63) is 17.9 Å². The minimum absolute atomic E-state index is 0.181. The molecular weight excluding hydrogens is 259 g/mol. The minimum atomic E-state index is -0.432. The van der Waals surface area contributed by atoms with Crippen LogP contribution in [-0.4, -0.2) is 24.9 Å². The SMILES string of the molecule is CCCOc1cc(NCC2(CCO)CC2)c(N)cc1F. The van der Waals surface area contributed by atoms with E-state index in [1.165, 1.54) is 6.07 Å². The lowest BCUT2D eigenvalue weighted by Crippen LogP contribution is -2.17. The standard InChI is InChI=1S/C15H23FN2O2/c1-2-7-20-14-9-13(12(17)8-11(14)16)18-10-15(3-4-15)5-6-19/h8-9,18-19H,2-7,10,17H2,1H3. The lowest BCUT2D eigenvalue weighted by atomic mass is 10.0. The van der Waals surface area contributed by atoms with Crippen LogP contribution in [0.4, 0.5) is 15.8 Å². The summed E-state index contributed by atoms with van der Waals surface area (Å²) in [5.41, 5.74) is 7.09. The number of aliphatic hydroxyl groups excluding tert-OH is 1. The molecule has 0 saturated heterocycles. The fraction of sp³-hybridized carbons (Fsp3) is 0.600. The zero-order chi connectivity index (χ0) is 14.6. The van der Waals surface area contributed by atoms with Crippen LogP contribution in [0.5, 0.6) is 5.75 Å². The Morgan fingerprint density at radius 1 is 1.45 bits per heavy atom. The first kappa shape index (κ1) is 14.9. The molecule has 0 heterocycles. The monoisotopic (exact) mass is 282 g/mol. The van der Waals surface area contributed by atoms with Crippen LogP contribution >= 0.6 is 0 Å². The predicted octanol–water partition coefficient (Wildman–Crippen LogP) is 2.77. The number of nitrogen functional groups attached to an aromatic ring is 1. The second kappa shape index (κ2) is 6.31. The van der Waals surface area contributed by atoms with Crippen molar-refractivity contribution in [3.8, 4) is 5.75 Å². The van der Waals surface area contributed by atoms with Crippen LogP contribution in [0.3, 0.4) is 0 Å². The number of halogens is 1. The zero-order valence-electron chi connectivity index (χ0n) is 11.9. The normalized spacial score (nSPS) is 15.9. The van der Waals surface area contributed by atoms with Crippen molar-refractivity contribution in [2.75, 3.05) is 30.8 Å². The fourth-order valence-electron chi connectivity index (χ4n) is 2.26. The Hall–Kier alpha value is -1.49. The quantitative estimate of drug-likeness (QED) is 0.641. The van der Waals surface area contributed by atoms with Crippen molar-refractivity contribution in [2.24, 2.45) is 5.41 Å². The van der Waals surface area contributed by atoms with Crippen molar-refractivity contribution in [3.63, 3.8) is 0 Å². The van der Waals surface area contributed by atoms with E-state index in [1.807, 2.05) is 6.92 Å². The van der Waals surface area contributed by atoms with Gasteiger partial charge in [0, 0.05) is 25.3 Å². The highest BCUT2D eigenvalue weighted by Gasteiger charge is 2.41. The Morgan fingerprint density at radius 2 is 2.20 bits per heavy atom. The van der Waals surface area contributed by atoms with Crippen molar-refractivity contribution in [2.45, 2.75) is 32.6 Å². The van der Waals surface area contributed by atoms with Gasteiger partial charge in [-0.05, 0) is 31.1 Å². The summed E-state index contributed by atoms with van der Waals surface area (Å²) in [6, 6.07) is 2.91. The third kappa shape index (κ3) is 3.54. The molecule has 0 aromatic heterocycles. The summed E-state index contributed by atoms with van der Waals surface area (Å²) in [6.45, 7) is 3.40. The molecule has 0 bridgehead atoms. The van der Waals surface area contributed by atoms with E-state index in [0.29, 0.717) is 18.0 Å². The number of rotatable bonds is 8. The van der Waals surface area contributed by atoms with Crippen LogP contribution in [0, 0.1) is 11.2 Å². The fourth-order valence-corrected chi connectivity index (χ4v) is 2.26. The average molecular weight is 282 g/mol. The maximum absolute atomic E-state index is 13.7. The van der Waals surface area contributed by atoms with Gasteiger partial charge in [-0.1, -0.05) is 6.92 Å². The molecule has 5 heteroatoms. The molecule has 1 fully saturated rings. The molecule has 0 amide bonds. The lowest BCUT2D eigenvalue weighted by molar-refractivity contribution is 0.253. The second-order valence-electron chi connectivity index (χ2n) is 5.55. The van der Waals surface area contributed by atoms with Gasteiger partial charge in [-0.25, -0.2) is 4.39 Å². The smallest absolute Gasteiger partial charge is 0.167 e. The molecule has 1 aliphatic carbocycles. The summed E-state index contributed by atoms with van der Waals surface area (Å²) in [5, 5.41) is 12.3. The van der Waals surface area contributed by atoms with Gasteiger partial charge in [0.2, 0.25) is 0 Å². The first-order valence-electron chi connectivity index (χ1n) is 7.17. The minimum Gasteiger partial charge on any atom is -0.490 e. The maximum Gasteiger partial charge on any atom is 0.167 e. The Kier molecular flexibility index (Phi) is 4.70. The number of anilines is 2. The van der Waals surface area contributed by atoms with Crippen LogP contribution in [0.2, 0.25) is 0 Å². The Balaban J connectivity index is 2.03. The Morgan fingerprint density at radius 3 is 2.80 bits per heavy atom. The third-order valence-corrected chi connectivity index (χ3v) is 3.82. The maximum atomic E-state index is 13.7. The van der Waals surface area contributed by atoms with Crippen LogP contribution in [0.15, 0.2) is 12.1 Å². The van der Waals surface area contributed by atoms with E-state index in [1.54, 1.807) is 6.07 Å². The zero-order valence-corrected chi connectivity index (χ0v) is 11.9. The highest BCUT2D eigenvalue weighted by Crippen LogP contribution is 2.48. The summed E-state index contributed by atoms with van der Waals surface area (Å²) in [6.07, 6.45) is 3.84. The molecule has 20 heavy (non-hydrogen) atoms. The molecule has 0 aliphatic heterocycles. The Bertz CT molecular complexity index is 461. The van der Waals surface area contributed by atoms with Crippen molar-refractivity contribution >= 4 is 11.4 Å². The van der Waals surface area contributed by atoms with Gasteiger partial charge >= 0.3 is 0 Å². The number of nitrogens with two attached hydrogens (primary N) is 1. The first-order chi connectivity index (χ1) is 9.60. The van der Waals surface area contributed by atoms with Gasteiger partial charge in [0.05, 0.1) is 18.0 Å². The summed E-state index contributed by atoms with van der Waals surface area (Å²) in [4.78, 5) is 0. The van der Waals surface area contributed by atoms with Gasteiger partial charge in [-0.2, -0.15) is 0 Å². The van der Waals surface area contributed by atoms with Gasteiger partial charge in [-0.3, -0.25) is 0 Å². The third-order valence-electron chi connectivity index (χ3n) is 3.82. The van der Waals surface area contributed by atoms with Gasteiger partial charge in [0.1, 0.15) is 0 Å². The second-order valence-corrected chi connectivity index (χ2v) is 5.55. The number of hydrogen-bond acceptors (Lipinski definition) is 4. The highest BCUT2D eigenvalue weighted by atomic mass is 19.1. The van der Waals surface area contributed by atoms with Crippen molar-refractivity contribution < 1.29 is 14.2 Å². The summed E-state index contributed by atoms with van der Waals surface area (Å²) >= 11 is 0. The van der Waals surface area contributed by atoms with Crippen molar-refractivity contribution in [1.82, 2.24) is 0 Å². The van der Waals surface area contributed by atoms with Crippen LogP contribution in [-0.2, 0) is 0 Å². The topological polar surface area (TPSA) is 67.5 Å². The molecule has 112 valence electrons. The summed E-state index contributed by atoms with van der Waals surface area (Å²) in [5.74, 6) is -0.200. The number of nitrogens with one attached hydrogen (secondary N) is 1. The molecule has 1 saturated carbocycles. The van der Waals surface area contributed by atoms with E-state index in [9.17, 15) is 4.39 Å². The number of hydrogen-bond donors (Lipinski definition) is 3. The summed E-state index contributed by atoms with van der Waals surface area (Å²) in [7, 11) is 0. The highest BCUT2D eigenvalue weighted by molar-refractivity contribution is 5.68. The Labute approximate surface area is 119 Å². The van der Waals surface area contributed by atoms with E-state index in [2.05, 4.69) is 5.32 Å². The average Bonchev–Trinajstić information content (AvgIpc) is 3.17. The largest absolute Gasteiger partial charge is 0.490 e. The summed E-state index contributed by atoms with van der Waals surface area (Å²) < 4.78 is 19.1. The van der Waals surface area contributed by atoms with E-state index in [0.717, 1.165) is 32.2 Å². The van der Waals surface area contributed by atoms with Crippen LogP contribution in [0.25, 0.3) is 0 Å². The molecule has 0 unspecified atom stereocenters. The molecule has 0 radical (unpaired) electrons. The molecule has 0 atom stereocenters. The van der Waals surface area contributed by atoms with E-state index < -0.39 is 5.82 Å². The lowest BCUT2D eigenvalue weighted by Gasteiger charge is -2.18. The van der Waals surface area contributed by atoms with Gasteiger partial charge in [0.15, 0.2) is 11.6 Å². The number of aliphatic hydroxyl groups is 1. The van der Waals surface area contributed by atoms with E-state index >= 15 is 0 Å². The predicted molar refractivity (Wildman–Crippen MR) is 78.5 cm³/mol. The van der Waals surface area contributed by atoms with Crippen LogP contribution in [0.1, 0.15) is 32.6 Å². The van der Waals surface area contributed by atoms with Gasteiger partial charge in [0.25, 0.3) is 0 Å². The van der Waals surface area contributed by atoms with Gasteiger partial charge in [-0.15, -0.1) is 0 Å². The molecule has 2 rings (SSSR count). The van der Waals surface area contributed by atoms with E-state index in [4.69, 9.17) is 15.6 Å². The number of ether oxygens (including phenoxy) is 1. The molecule has 1 aromatic carbocycles. The van der Waals surface area contributed by atoms with Crippen LogP contribution < -0.4 is 15.8 Å². The molecule has 1 aromatic rings. The molecule has 1 aliphatic rings. The van der Waals surface area contributed by atoms with Crippen molar-refractivity contribution in [1.29, 1.82) is 0 Å². The molecule has 4 nitrogen and oxygen atoms in total. The number of benzene rings is 1. The van der Waals surface area contributed by atoms with Gasteiger partial charge < -0.3 is 20.9 Å².